The van der Waals surface area contributed by atoms with Crippen LogP contribution in [0.1, 0.15) is 79.3 Å². The van der Waals surface area contributed by atoms with E-state index in [1.54, 1.807) is 0 Å². The van der Waals surface area contributed by atoms with E-state index in [2.05, 4.69) is 233 Å². The molecule has 3 aliphatic rings. The van der Waals surface area contributed by atoms with E-state index in [0.29, 0.717) is 5.84 Å². The Morgan fingerprint density at radius 2 is 1.27 bits per heavy atom. The molecule has 67 heavy (non-hydrogen) atoms. The average Bonchev–Trinajstić information content (AvgIpc) is 3.63. The maximum atomic E-state index is 5.31. The summed E-state index contributed by atoms with van der Waals surface area (Å²) in [7, 11) is 0. The van der Waals surface area contributed by atoms with Gasteiger partial charge in [0.2, 0.25) is 0 Å². The molecule has 1 atom stereocenters. The number of rotatable bonds is 9. The van der Waals surface area contributed by atoms with Crippen molar-refractivity contribution in [3.05, 3.63) is 257 Å². The van der Waals surface area contributed by atoms with Crippen LogP contribution >= 0.6 is 11.8 Å². The van der Waals surface area contributed by atoms with Crippen molar-refractivity contribution >= 4 is 51.4 Å². The molecule has 2 aliphatic carbocycles. The molecule has 8 aromatic rings. The van der Waals surface area contributed by atoms with Crippen LogP contribution in [0.5, 0.6) is 0 Å². The summed E-state index contributed by atoms with van der Waals surface area (Å²) in [6.07, 6.45) is 16.3. The maximum Gasteiger partial charge on any atom is 0.158 e. The third-order valence-corrected chi connectivity index (χ3v) is 15.5. The lowest BCUT2D eigenvalue weighted by Crippen LogP contribution is -2.32. The van der Waals surface area contributed by atoms with Crippen molar-refractivity contribution < 1.29 is 0 Å². The lowest BCUT2D eigenvalue weighted by molar-refractivity contribution is 0.707. The van der Waals surface area contributed by atoms with E-state index >= 15 is 0 Å². The molecule has 8 aromatic carbocycles. The predicted octanol–water partition coefficient (Wildman–Crippen LogP) is 17.3. The summed E-state index contributed by atoms with van der Waals surface area (Å²) in [6.45, 7) is 10.9. The standard InChI is InChI=1S/C64H52N2S/c1-5-6-9-24-53-43(3)64(58-39-35-48-20-14-16-25-54(48)61(58)67-62-55-26-17-15-21-49(55)36-40-59(62)64)57-38-37-52(41-56(53)57)47-29-27-44(28-30-47)42(2)60(50-22-12-8-13-23-50)66-63(65-4)51-33-31-46(32-34-51)45-18-10-7-11-19-45/h7-22,24-42H,4-6,23H2,1-3H3/b24-9-,60-50-,66-63-/t42-/m0/s1. The Morgan fingerprint density at radius 3 is 1.91 bits per heavy atom. The van der Waals surface area contributed by atoms with E-state index in [1.807, 2.05) is 17.8 Å². The van der Waals surface area contributed by atoms with Crippen LogP contribution in [0.3, 0.4) is 0 Å². The van der Waals surface area contributed by atoms with Gasteiger partial charge in [0.15, 0.2) is 5.84 Å². The van der Waals surface area contributed by atoms with Gasteiger partial charge >= 0.3 is 0 Å². The van der Waals surface area contributed by atoms with Gasteiger partial charge in [-0.1, -0.05) is 232 Å². The van der Waals surface area contributed by atoms with Crippen molar-refractivity contribution in [3.8, 4) is 22.3 Å². The molecular weight excluding hydrogens is 829 g/mol. The first-order valence-corrected chi connectivity index (χ1v) is 24.4. The number of fused-ring (bicyclic) bond motifs is 10. The fourth-order valence-corrected chi connectivity index (χ4v) is 12.2. The normalized spacial score (nSPS) is 16.1. The Morgan fingerprint density at radius 1 is 0.672 bits per heavy atom. The van der Waals surface area contributed by atoms with Crippen molar-refractivity contribution in [1.82, 2.24) is 0 Å². The lowest BCUT2D eigenvalue weighted by atomic mass is 9.66. The molecule has 1 heterocycles. The number of hydrogen-bond acceptors (Lipinski definition) is 2. The van der Waals surface area contributed by atoms with Gasteiger partial charge in [0, 0.05) is 21.3 Å². The van der Waals surface area contributed by atoms with Crippen LogP contribution in [0.2, 0.25) is 0 Å². The van der Waals surface area contributed by atoms with Crippen LogP contribution in [0.15, 0.2) is 243 Å². The zero-order valence-corrected chi connectivity index (χ0v) is 39.2. The van der Waals surface area contributed by atoms with Gasteiger partial charge in [-0.3, -0.25) is 0 Å². The molecule has 11 rings (SSSR count). The van der Waals surface area contributed by atoms with Gasteiger partial charge in [-0.15, -0.1) is 0 Å². The predicted molar refractivity (Wildman–Crippen MR) is 287 cm³/mol. The number of aliphatic imine (C=N–C) groups is 2. The maximum absolute atomic E-state index is 5.31. The largest absolute Gasteiger partial charge is 0.245 e. The lowest BCUT2D eigenvalue weighted by Gasteiger charge is -2.41. The molecule has 0 aromatic heterocycles. The quantitative estimate of drug-likeness (QED) is 0.105. The van der Waals surface area contributed by atoms with Gasteiger partial charge in [-0.05, 0) is 121 Å². The second-order valence-electron chi connectivity index (χ2n) is 18.0. The summed E-state index contributed by atoms with van der Waals surface area (Å²) in [5, 5.41) is 5.18. The highest BCUT2D eigenvalue weighted by Gasteiger charge is 2.50. The topological polar surface area (TPSA) is 24.7 Å². The highest BCUT2D eigenvalue weighted by atomic mass is 32.2. The molecule has 0 saturated heterocycles. The molecule has 1 aliphatic heterocycles. The fourth-order valence-electron chi connectivity index (χ4n) is 10.7. The Kier molecular flexibility index (Phi) is 11.2. The van der Waals surface area contributed by atoms with E-state index < -0.39 is 5.41 Å². The molecule has 0 N–H and O–H groups in total. The number of allylic oxidation sites excluding steroid dienone is 10. The summed E-state index contributed by atoms with van der Waals surface area (Å²) >= 11 is 1.95. The van der Waals surface area contributed by atoms with Crippen LogP contribution < -0.4 is 0 Å². The first-order chi connectivity index (χ1) is 33.0. The van der Waals surface area contributed by atoms with Gasteiger partial charge in [0.05, 0.1) is 11.1 Å². The molecule has 0 amide bonds. The number of nitrogens with zero attached hydrogens (tertiary/aromatic N) is 2. The number of amidine groups is 1. The van der Waals surface area contributed by atoms with E-state index in [4.69, 9.17) is 4.99 Å². The van der Waals surface area contributed by atoms with Crippen molar-refractivity contribution in [2.24, 2.45) is 9.98 Å². The molecular formula is C64H52N2S. The van der Waals surface area contributed by atoms with Crippen LogP contribution in [0, 0.1) is 0 Å². The smallest absolute Gasteiger partial charge is 0.158 e. The Balaban J connectivity index is 1.000. The van der Waals surface area contributed by atoms with E-state index in [1.165, 1.54) is 92.6 Å². The third-order valence-electron chi connectivity index (χ3n) is 14.2. The number of unbranched alkanes of at least 4 members (excludes halogenated alkanes) is 1. The van der Waals surface area contributed by atoms with Crippen molar-refractivity contribution in [2.75, 3.05) is 0 Å². The molecule has 3 heteroatoms. The number of benzene rings is 8. The molecule has 0 radical (unpaired) electrons. The van der Waals surface area contributed by atoms with Crippen molar-refractivity contribution in [3.63, 3.8) is 0 Å². The molecule has 1 spiro atoms. The molecule has 0 unspecified atom stereocenters. The second-order valence-corrected chi connectivity index (χ2v) is 19.0. The molecule has 0 bridgehead atoms. The first-order valence-electron chi connectivity index (χ1n) is 23.6. The Hall–Kier alpha value is -7.33. The zero-order chi connectivity index (χ0) is 45.5. The van der Waals surface area contributed by atoms with Crippen molar-refractivity contribution in [1.29, 1.82) is 0 Å². The minimum absolute atomic E-state index is 0.0118. The number of hydrogen-bond donors (Lipinski definition) is 0. The van der Waals surface area contributed by atoms with Crippen LogP contribution in [-0.4, -0.2) is 12.6 Å². The van der Waals surface area contributed by atoms with E-state index in [0.717, 1.165) is 36.1 Å². The van der Waals surface area contributed by atoms with Crippen LogP contribution in [-0.2, 0) is 5.41 Å². The molecule has 2 nitrogen and oxygen atoms in total. The highest BCUT2D eigenvalue weighted by molar-refractivity contribution is 8.00. The van der Waals surface area contributed by atoms with E-state index in [9.17, 15) is 0 Å². The van der Waals surface area contributed by atoms with Gasteiger partial charge in [-0.25, -0.2) is 9.98 Å². The minimum atomic E-state index is -0.445. The average molecular weight is 881 g/mol. The summed E-state index contributed by atoms with van der Waals surface area (Å²) in [6, 6.07) is 62.7. The highest BCUT2D eigenvalue weighted by Crippen LogP contribution is 2.63. The molecule has 0 fully saturated rings. The van der Waals surface area contributed by atoms with Gasteiger partial charge in [-0.2, -0.15) is 0 Å². The minimum Gasteiger partial charge on any atom is -0.245 e. The van der Waals surface area contributed by atoms with Crippen molar-refractivity contribution in [2.45, 2.75) is 61.2 Å². The van der Waals surface area contributed by atoms with Gasteiger partial charge in [0.1, 0.15) is 0 Å². The molecule has 324 valence electrons. The summed E-state index contributed by atoms with van der Waals surface area (Å²) in [5.41, 5.74) is 16.7. The van der Waals surface area contributed by atoms with Gasteiger partial charge < -0.3 is 0 Å². The molecule has 0 saturated carbocycles. The fraction of sp³-hybridized carbons (Fsp3) is 0.125. The Labute approximate surface area is 399 Å². The van der Waals surface area contributed by atoms with Gasteiger partial charge in [0.25, 0.3) is 0 Å². The SMILES string of the molecule is C=N/C(=N\C(=C1\C=CC=CC1)[C@@H](C)c1ccc(-c2ccc3c(c2)C(/C=C\CCC)=C(C)C32c3ccc4ccccc4c3Sc3c2ccc2ccccc32)cc1)c1ccc(-c2ccccc2)cc1. The van der Waals surface area contributed by atoms with E-state index in [-0.39, 0.29) is 5.92 Å². The van der Waals surface area contributed by atoms with Crippen LogP contribution in [0.25, 0.3) is 49.4 Å². The van der Waals surface area contributed by atoms with Crippen LogP contribution in [0.4, 0.5) is 0 Å². The second kappa shape index (κ2) is 17.8. The zero-order valence-electron chi connectivity index (χ0n) is 38.3. The summed E-state index contributed by atoms with van der Waals surface area (Å²) < 4.78 is 0. The summed E-state index contributed by atoms with van der Waals surface area (Å²) in [4.78, 5) is 12.5. The third kappa shape index (κ3) is 7.30. The Bertz CT molecular complexity index is 3350. The summed E-state index contributed by atoms with van der Waals surface area (Å²) in [5.74, 6) is 0.637. The first kappa shape index (κ1) is 42.3. The monoisotopic (exact) mass is 880 g/mol.